The molecule has 0 saturated carbocycles. The Bertz CT molecular complexity index is 346. The third-order valence-electron chi connectivity index (χ3n) is 4.01. The van der Waals surface area contributed by atoms with E-state index < -0.39 is 0 Å². The average molecular weight is 235 g/mol. The van der Waals surface area contributed by atoms with Crippen LogP contribution in [-0.4, -0.2) is 17.5 Å². The lowest BCUT2D eigenvalue weighted by Gasteiger charge is -2.29. The lowest BCUT2D eigenvalue weighted by molar-refractivity contribution is 0.187. The van der Waals surface area contributed by atoms with E-state index in [9.17, 15) is 4.39 Å². The van der Waals surface area contributed by atoms with Crippen LogP contribution in [0.1, 0.15) is 38.7 Å². The zero-order chi connectivity index (χ0) is 12.3. The van der Waals surface area contributed by atoms with Gasteiger partial charge in [0.25, 0.3) is 0 Å². The maximum atomic E-state index is 12.8. The second kappa shape index (κ2) is 5.63. The van der Waals surface area contributed by atoms with Crippen LogP contribution in [0.5, 0.6) is 0 Å². The minimum atomic E-state index is -0.145. The Kier molecular flexibility index (Phi) is 4.16. The first-order chi connectivity index (χ1) is 8.20. The van der Waals surface area contributed by atoms with Crippen LogP contribution >= 0.6 is 0 Å². The van der Waals surface area contributed by atoms with Crippen LogP contribution < -0.4 is 0 Å². The quantitative estimate of drug-likeness (QED) is 0.766. The first kappa shape index (κ1) is 12.6. The summed E-state index contributed by atoms with van der Waals surface area (Å²) in [5.74, 6) is 0.617. The third-order valence-corrected chi connectivity index (χ3v) is 4.01. The van der Waals surface area contributed by atoms with Crippen molar-refractivity contribution >= 4 is 0 Å². The topological polar surface area (TPSA) is 3.24 Å². The standard InChI is InChI=1S/C15H22FN/c1-3-12(2)15-5-4-10-17(15)11-13-6-8-14(16)9-7-13/h6-9,12,15H,3-5,10-11H2,1-2H3. The molecule has 0 N–H and O–H groups in total. The fraction of sp³-hybridized carbons (Fsp3) is 0.600. The Morgan fingerprint density at radius 3 is 2.71 bits per heavy atom. The van der Waals surface area contributed by atoms with E-state index in [1.807, 2.05) is 12.1 Å². The van der Waals surface area contributed by atoms with Gasteiger partial charge in [0, 0.05) is 12.6 Å². The van der Waals surface area contributed by atoms with Crippen LogP contribution in [0, 0.1) is 11.7 Å². The van der Waals surface area contributed by atoms with Crippen molar-refractivity contribution in [2.24, 2.45) is 5.92 Å². The van der Waals surface area contributed by atoms with Crippen LogP contribution in [0.2, 0.25) is 0 Å². The van der Waals surface area contributed by atoms with Gasteiger partial charge in [0.2, 0.25) is 0 Å². The Morgan fingerprint density at radius 1 is 1.35 bits per heavy atom. The van der Waals surface area contributed by atoms with Gasteiger partial charge < -0.3 is 0 Å². The van der Waals surface area contributed by atoms with E-state index >= 15 is 0 Å². The number of rotatable bonds is 4. The van der Waals surface area contributed by atoms with Gasteiger partial charge in [-0.1, -0.05) is 32.4 Å². The lowest BCUT2D eigenvalue weighted by Crippen LogP contribution is -2.33. The molecule has 0 aromatic heterocycles. The average Bonchev–Trinajstić information content (AvgIpc) is 2.79. The van der Waals surface area contributed by atoms with Crippen molar-refractivity contribution < 1.29 is 4.39 Å². The van der Waals surface area contributed by atoms with Crippen LogP contribution in [0.3, 0.4) is 0 Å². The second-order valence-electron chi connectivity index (χ2n) is 5.19. The van der Waals surface area contributed by atoms with Crippen molar-refractivity contribution in [2.75, 3.05) is 6.54 Å². The second-order valence-corrected chi connectivity index (χ2v) is 5.19. The molecule has 0 amide bonds. The van der Waals surface area contributed by atoms with Gasteiger partial charge in [-0.05, 0) is 43.0 Å². The summed E-state index contributed by atoms with van der Waals surface area (Å²) >= 11 is 0. The molecule has 1 aromatic carbocycles. The molecule has 2 unspecified atom stereocenters. The molecule has 2 atom stereocenters. The minimum absolute atomic E-state index is 0.145. The Balaban J connectivity index is 2.00. The van der Waals surface area contributed by atoms with Crippen LogP contribution in [0.25, 0.3) is 0 Å². The minimum Gasteiger partial charge on any atom is -0.296 e. The molecule has 2 heteroatoms. The first-order valence-electron chi connectivity index (χ1n) is 6.69. The molecule has 0 bridgehead atoms. The van der Waals surface area contributed by atoms with Gasteiger partial charge in [0.1, 0.15) is 5.82 Å². The van der Waals surface area contributed by atoms with Crippen molar-refractivity contribution in [1.82, 2.24) is 4.90 Å². The van der Waals surface area contributed by atoms with Gasteiger partial charge >= 0.3 is 0 Å². The summed E-state index contributed by atoms with van der Waals surface area (Å²) in [6.07, 6.45) is 3.86. The molecule has 0 aliphatic carbocycles. The molecular formula is C15H22FN. The maximum absolute atomic E-state index is 12.8. The lowest BCUT2D eigenvalue weighted by atomic mass is 9.97. The van der Waals surface area contributed by atoms with Crippen molar-refractivity contribution in [3.05, 3.63) is 35.6 Å². The van der Waals surface area contributed by atoms with E-state index in [1.54, 1.807) is 12.1 Å². The molecule has 1 heterocycles. The van der Waals surface area contributed by atoms with Gasteiger partial charge in [0.15, 0.2) is 0 Å². The monoisotopic (exact) mass is 235 g/mol. The molecule has 1 aliphatic rings. The summed E-state index contributed by atoms with van der Waals surface area (Å²) in [5.41, 5.74) is 1.22. The number of hydrogen-bond donors (Lipinski definition) is 0. The van der Waals surface area contributed by atoms with Crippen molar-refractivity contribution in [3.8, 4) is 0 Å². The number of nitrogens with zero attached hydrogens (tertiary/aromatic N) is 1. The molecule has 17 heavy (non-hydrogen) atoms. The fourth-order valence-electron chi connectivity index (χ4n) is 2.79. The van der Waals surface area contributed by atoms with E-state index in [4.69, 9.17) is 0 Å². The molecule has 2 rings (SSSR count). The zero-order valence-electron chi connectivity index (χ0n) is 10.8. The van der Waals surface area contributed by atoms with E-state index in [-0.39, 0.29) is 5.82 Å². The highest BCUT2D eigenvalue weighted by Crippen LogP contribution is 2.27. The number of hydrogen-bond acceptors (Lipinski definition) is 1. The molecular weight excluding hydrogens is 213 g/mol. The Morgan fingerprint density at radius 2 is 2.06 bits per heavy atom. The maximum Gasteiger partial charge on any atom is 0.123 e. The number of halogens is 1. The van der Waals surface area contributed by atoms with E-state index in [2.05, 4.69) is 18.7 Å². The first-order valence-corrected chi connectivity index (χ1v) is 6.69. The summed E-state index contributed by atoms with van der Waals surface area (Å²) in [5, 5.41) is 0. The van der Waals surface area contributed by atoms with Gasteiger partial charge in [-0.3, -0.25) is 4.90 Å². The van der Waals surface area contributed by atoms with E-state index in [0.717, 1.165) is 12.5 Å². The SMILES string of the molecule is CCC(C)C1CCCN1Cc1ccc(F)cc1. The molecule has 1 saturated heterocycles. The Labute approximate surface area is 104 Å². The highest BCUT2D eigenvalue weighted by molar-refractivity contribution is 5.16. The van der Waals surface area contributed by atoms with Crippen LogP contribution in [0.4, 0.5) is 4.39 Å². The highest BCUT2D eigenvalue weighted by Gasteiger charge is 2.27. The number of likely N-dealkylation sites (tertiary alicyclic amines) is 1. The molecule has 0 spiro atoms. The fourth-order valence-corrected chi connectivity index (χ4v) is 2.79. The molecule has 1 nitrogen and oxygen atoms in total. The molecule has 1 aliphatic heterocycles. The van der Waals surface area contributed by atoms with Gasteiger partial charge in [-0.25, -0.2) is 4.39 Å². The largest absolute Gasteiger partial charge is 0.296 e. The predicted octanol–water partition coefficient (Wildman–Crippen LogP) is 3.84. The van der Waals surface area contributed by atoms with Crippen molar-refractivity contribution in [3.63, 3.8) is 0 Å². The Hall–Kier alpha value is -0.890. The zero-order valence-corrected chi connectivity index (χ0v) is 10.8. The van der Waals surface area contributed by atoms with Gasteiger partial charge in [0.05, 0.1) is 0 Å². The molecule has 0 radical (unpaired) electrons. The summed E-state index contributed by atoms with van der Waals surface area (Å²) in [6, 6.07) is 7.64. The molecule has 1 fully saturated rings. The van der Waals surface area contributed by atoms with Gasteiger partial charge in [-0.2, -0.15) is 0 Å². The normalized spacial score (nSPS) is 22.9. The summed E-state index contributed by atoms with van der Waals surface area (Å²) in [4.78, 5) is 2.56. The van der Waals surface area contributed by atoms with Crippen LogP contribution in [-0.2, 0) is 6.54 Å². The highest BCUT2D eigenvalue weighted by atomic mass is 19.1. The van der Waals surface area contributed by atoms with Crippen molar-refractivity contribution in [2.45, 2.75) is 45.7 Å². The third kappa shape index (κ3) is 3.06. The summed E-state index contributed by atoms with van der Waals surface area (Å²) in [7, 11) is 0. The summed E-state index contributed by atoms with van der Waals surface area (Å²) in [6.45, 7) is 6.76. The van der Waals surface area contributed by atoms with Gasteiger partial charge in [-0.15, -0.1) is 0 Å². The van der Waals surface area contributed by atoms with Crippen LogP contribution in [0.15, 0.2) is 24.3 Å². The molecule has 94 valence electrons. The summed E-state index contributed by atoms with van der Waals surface area (Å²) < 4.78 is 12.8. The van der Waals surface area contributed by atoms with Crippen molar-refractivity contribution in [1.29, 1.82) is 0 Å². The van der Waals surface area contributed by atoms with E-state index in [1.165, 1.54) is 31.4 Å². The smallest absolute Gasteiger partial charge is 0.123 e. The predicted molar refractivity (Wildman–Crippen MR) is 69.3 cm³/mol. The molecule has 1 aromatic rings. The van der Waals surface area contributed by atoms with E-state index in [0.29, 0.717) is 6.04 Å². The number of benzene rings is 1.